The highest BCUT2D eigenvalue weighted by atomic mass is 32.1. The zero-order valence-corrected chi connectivity index (χ0v) is 18.2. The van der Waals surface area contributed by atoms with Crippen LogP contribution in [-0.2, 0) is 12.7 Å². The average Bonchev–Trinajstić information content (AvgIpc) is 3.40. The second-order valence-electron chi connectivity index (χ2n) is 8.29. The second kappa shape index (κ2) is 7.49. The summed E-state index contributed by atoms with van der Waals surface area (Å²) in [5.41, 5.74) is -0.272. The summed E-state index contributed by atoms with van der Waals surface area (Å²) in [7, 11) is 0. The lowest BCUT2D eigenvalue weighted by Crippen LogP contribution is -2.24. The Labute approximate surface area is 193 Å². The van der Waals surface area contributed by atoms with Gasteiger partial charge in [-0.3, -0.25) is 9.36 Å². The van der Waals surface area contributed by atoms with E-state index in [1.165, 1.54) is 28.0 Å². The number of alkyl halides is 3. The van der Waals surface area contributed by atoms with Gasteiger partial charge in [0.2, 0.25) is 0 Å². The van der Waals surface area contributed by atoms with Gasteiger partial charge in [0.05, 0.1) is 11.9 Å². The fraction of sp³-hybridized carbons (Fsp3) is 0.208. The predicted octanol–water partition coefficient (Wildman–Crippen LogP) is 6.35. The molecule has 1 aliphatic rings. The average molecular weight is 485 g/mol. The minimum Gasteiger partial charge on any atom is -0.359 e. The standard InChI is InChI=1S/C24H15F4N3O2S/c25-13-7-8-15(17(9-13)12-5-6-12)21-29-22-20(16-3-1-2-4-18(16)34-22)23(32)31(21)11-14-10-19(30-33-14)24(26,27)28/h1-4,7-10,12H,5-6,11H2. The lowest BCUT2D eigenvalue weighted by Gasteiger charge is -2.14. The Morgan fingerprint density at radius 3 is 2.65 bits per heavy atom. The van der Waals surface area contributed by atoms with E-state index in [2.05, 4.69) is 5.16 Å². The Balaban J connectivity index is 1.61. The number of nitrogens with zero attached hydrogens (tertiary/aromatic N) is 3. The Hall–Kier alpha value is -3.53. The lowest BCUT2D eigenvalue weighted by atomic mass is 10.0. The summed E-state index contributed by atoms with van der Waals surface area (Å²) in [6.45, 7) is -0.300. The number of hydrogen-bond donors (Lipinski definition) is 0. The molecule has 0 saturated heterocycles. The Morgan fingerprint density at radius 2 is 1.91 bits per heavy atom. The van der Waals surface area contributed by atoms with Crippen molar-refractivity contribution in [3.05, 3.63) is 81.7 Å². The van der Waals surface area contributed by atoms with E-state index in [9.17, 15) is 22.4 Å². The van der Waals surface area contributed by atoms with E-state index >= 15 is 0 Å². The van der Waals surface area contributed by atoms with Gasteiger partial charge in [-0.05, 0) is 48.6 Å². The number of aromatic nitrogens is 3. The summed E-state index contributed by atoms with van der Waals surface area (Å²) in [5, 5.41) is 4.20. The molecule has 10 heteroatoms. The maximum atomic E-state index is 14.1. The summed E-state index contributed by atoms with van der Waals surface area (Å²) in [6.07, 6.45) is -2.89. The van der Waals surface area contributed by atoms with Crippen molar-refractivity contribution in [1.29, 1.82) is 0 Å². The molecule has 3 aromatic heterocycles. The molecule has 0 spiro atoms. The molecule has 1 saturated carbocycles. The summed E-state index contributed by atoms with van der Waals surface area (Å²) in [4.78, 5) is 19.0. The first-order valence-electron chi connectivity index (χ1n) is 10.5. The van der Waals surface area contributed by atoms with Crippen LogP contribution in [0.15, 0.2) is 57.8 Å². The van der Waals surface area contributed by atoms with Crippen molar-refractivity contribution >= 4 is 31.6 Å². The minimum atomic E-state index is -4.67. The highest BCUT2D eigenvalue weighted by molar-refractivity contribution is 7.25. The summed E-state index contributed by atoms with van der Waals surface area (Å²) in [5.74, 6) is -0.119. The number of fused-ring (bicyclic) bond motifs is 3. The monoisotopic (exact) mass is 485 g/mol. The van der Waals surface area contributed by atoms with Crippen molar-refractivity contribution in [3.8, 4) is 11.4 Å². The van der Waals surface area contributed by atoms with Crippen LogP contribution in [0.1, 0.15) is 35.8 Å². The highest BCUT2D eigenvalue weighted by Gasteiger charge is 2.35. The Bertz CT molecular complexity index is 1630. The minimum absolute atomic E-state index is 0.133. The van der Waals surface area contributed by atoms with E-state index in [4.69, 9.17) is 9.51 Å². The van der Waals surface area contributed by atoms with Crippen LogP contribution >= 0.6 is 11.3 Å². The van der Waals surface area contributed by atoms with Crippen LogP contribution in [0.2, 0.25) is 0 Å². The molecule has 172 valence electrons. The lowest BCUT2D eigenvalue weighted by molar-refractivity contribution is -0.142. The van der Waals surface area contributed by atoms with Crippen LogP contribution < -0.4 is 5.56 Å². The molecule has 0 radical (unpaired) electrons. The predicted molar refractivity (Wildman–Crippen MR) is 119 cm³/mol. The van der Waals surface area contributed by atoms with Gasteiger partial charge in [0.15, 0.2) is 11.5 Å². The second-order valence-corrected chi connectivity index (χ2v) is 9.32. The van der Waals surface area contributed by atoms with Gasteiger partial charge < -0.3 is 4.52 Å². The molecule has 0 aliphatic heterocycles. The van der Waals surface area contributed by atoms with E-state index < -0.39 is 23.2 Å². The molecule has 5 aromatic rings. The van der Waals surface area contributed by atoms with Crippen LogP contribution in [0.4, 0.5) is 17.6 Å². The molecule has 34 heavy (non-hydrogen) atoms. The maximum Gasteiger partial charge on any atom is 0.436 e. The Kier molecular flexibility index (Phi) is 4.63. The molecule has 0 unspecified atom stereocenters. The summed E-state index contributed by atoms with van der Waals surface area (Å²) in [6, 6.07) is 12.4. The van der Waals surface area contributed by atoms with E-state index in [1.807, 2.05) is 24.3 Å². The molecule has 0 bridgehead atoms. The smallest absolute Gasteiger partial charge is 0.359 e. The van der Waals surface area contributed by atoms with Crippen molar-refractivity contribution < 1.29 is 22.1 Å². The fourth-order valence-electron chi connectivity index (χ4n) is 4.20. The van der Waals surface area contributed by atoms with Gasteiger partial charge in [-0.2, -0.15) is 13.2 Å². The van der Waals surface area contributed by atoms with E-state index in [0.29, 0.717) is 15.8 Å². The molecule has 1 aliphatic carbocycles. The third-order valence-corrected chi connectivity index (χ3v) is 7.00. The first-order valence-corrected chi connectivity index (χ1v) is 11.4. The van der Waals surface area contributed by atoms with Crippen LogP contribution in [-0.4, -0.2) is 14.7 Å². The van der Waals surface area contributed by atoms with E-state index in [0.717, 1.165) is 34.6 Å². The third-order valence-electron chi connectivity index (χ3n) is 5.93. The molecule has 2 aromatic carbocycles. The van der Waals surface area contributed by atoms with Gasteiger partial charge in [-0.15, -0.1) is 11.3 Å². The molecule has 0 N–H and O–H groups in total. The first-order chi connectivity index (χ1) is 16.3. The van der Waals surface area contributed by atoms with Crippen LogP contribution in [0.25, 0.3) is 31.7 Å². The SMILES string of the molecule is O=c1c2c(nc(-c3ccc(F)cc3C3CC3)n1Cc1cc(C(F)(F)F)no1)sc1ccccc12. The largest absolute Gasteiger partial charge is 0.436 e. The van der Waals surface area contributed by atoms with Crippen molar-refractivity contribution in [2.75, 3.05) is 0 Å². The number of hydrogen-bond acceptors (Lipinski definition) is 5. The first kappa shape index (κ1) is 21.0. The van der Waals surface area contributed by atoms with Gasteiger partial charge in [0, 0.05) is 21.7 Å². The van der Waals surface area contributed by atoms with Crippen molar-refractivity contribution in [2.45, 2.75) is 31.5 Å². The van der Waals surface area contributed by atoms with Gasteiger partial charge in [0.25, 0.3) is 5.56 Å². The molecular weight excluding hydrogens is 470 g/mol. The zero-order chi connectivity index (χ0) is 23.6. The molecule has 5 nitrogen and oxygen atoms in total. The van der Waals surface area contributed by atoms with Gasteiger partial charge in [-0.25, -0.2) is 9.37 Å². The third kappa shape index (κ3) is 3.49. The van der Waals surface area contributed by atoms with Gasteiger partial charge >= 0.3 is 6.18 Å². The number of halogens is 4. The molecule has 0 amide bonds. The van der Waals surface area contributed by atoms with E-state index in [1.54, 1.807) is 6.07 Å². The van der Waals surface area contributed by atoms with Crippen LogP contribution in [0, 0.1) is 5.82 Å². The normalized spacial score (nSPS) is 14.4. The van der Waals surface area contributed by atoms with Gasteiger partial charge in [0.1, 0.15) is 16.5 Å². The molecule has 6 rings (SSSR count). The number of rotatable bonds is 4. The van der Waals surface area contributed by atoms with Gasteiger partial charge in [-0.1, -0.05) is 23.4 Å². The zero-order valence-electron chi connectivity index (χ0n) is 17.4. The molecule has 3 heterocycles. The van der Waals surface area contributed by atoms with Crippen molar-refractivity contribution in [1.82, 2.24) is 14.7 Å². The fourth-order valence-corrected chi connectivity index (χ4v) is 5.27. The quantitative estimate of drug-likeness (QED) is 0.278. The van der Waals surface area contributed by atoms with Crippen LogP contribution in [0.5, 0.6) is 0 Å². The molecule has 0 atom stereocenters. The molecular formula is C24H15F4N3O2S. The Morgan fingerprint density at radius 1 is 1.12 bits per heavy atom. The number of thiophene rings is 1. The molecule has 1 fully saturated rings. The van der Waals surface area contributed by atoms with Crippen molar-refractivity contribution in [2.24, 2.45) is 0 Å². The van der Waals surface area contributed by atoms with E-state index in [-0.39, 0.29) is 24.0 Å². The summed E-state index contributed by atoms with van der Waals surface area (Å²) < 4.78 is 60.3. The van der Waals surface area contributed by atoms with Crippen molar-refractivity contribution in [3.63, 3.8) is 0 Å². The van der Waals surface area contributed by atoms with Crippen LogP contribution in [0.3, 0.4) is 0 Å². The number of benzene rings is 2. The summed E-state index contributed by atoms with van der Waals surface area (Å²) >= 11 is 1.36. The maximum absolute atomic E-state index is 14.1. The highest BCUT2D eigenvalue weighted by Crippen LogP contribution is 2.45. The topological polar surface area (TPSA) is 60.9 Å².